The smallest absolute Gasteiger partial charge is 0.265 e. The second-order valence-electron chi connectivity index (χ2n) is 4.31. The SMILES string of the molecule is O=C(c1cc(I)ccc1F)N1CCCC(F)(F)C1. The van der Waals surface area contributed by atoms with Gasteiger partial charge in [0.15, 0.2) is 0 Å². The summed E-state index contributed by atoms with van der Waals surface area (Å²) in [5, 5.41) is 0. The van der Waals surface area contributed by atoms with Gasteiger partial charge in [-0.25, -0.2) is 13.2 Å². The number of amides is 1. The molecule has 1 aromatic carbocycles. The molecule has 0 spiro atoms. The molecule has 0 aliphatic carbocycles. The lowest BCUT2D eigenvalue weighted by Gasteiger charge is -2.32. The fourth-order valence-electron chi connectivity index (χ4n) is 1.97. The van der Waals surface area contributed by atoms with Crippen molar-refractivity contribution in [3.63, 3.8) is 0 Å². The Morgan fingerprint density at radius 1 is 1.39 bits per heavy atom. The van der Waals surface area contributed by atoms with Gasteiger partial charge in [0.1, 0.15) is 5.82 Å². The highest BCUT2D eigenvalue weighted by molar-refractivity contribution is 14.1. The van der Waals surface area contributed by atoms with Gasteiger partial charge in [0.25, 0.3) is 11.8 Å². The normalized spacial score (nSPS) is 18.8. The van der Waals surface area contributed by atoms with Gasteiger partial charge in [-0.15, -0.1) is 0 Å². The summed E-state index contributed by atoms with van der Waals surface area (Å²) in [7, 11) is 0. The van der Waals surface area contributed by atoms with Crippen LogP contribution in [-0.4, -0.2) is 29.8 Å². The van der Waals surface area contributed by atoms with Crippen LogP contribution in [0.2, 0.25) is 0 Å². The second kappa shape index (κ2) is 5.07. The van der Waals surface area contributed by atoms with Gasteiger partial charge < -0.3 is 4.90 Å². The summed E-state index contributed by atoms with van der Waals surface area (Å²) in [5.74, 6) is -4.20. The first-order chi connectivity index (χ1) is 8.39. The van der Waals surface area contributed by atoms with Crippen molar-refractivity contribution in [3.8, 4) is 0 Å². The lowest BCUT2D eigenvalue weighted by atomic mass is 10.1. The van der Waals surface area contributed by atoms with Crippen molar-refractivity contribution in [2.24, 2.45) is 0 Å². The van der Waals surface area contributed by atoms with Crippen LogP contribution in [0.4, 0.5) is 13.2 Å². The third-order valence-corrected chi connectivity index (χ3v) is 3.51. The van der Waals surface area contributed by atoms with Crippen molar-refractivity contribution in [1.29, 1.82) is 0 Å². The van der Waals surface area contributed by atoms with E-state index in [2.05, 4.69) is 0 Å². The van der Waals surface area contributed by atoms with E-state index in [9.17, 15) is 18.0 Å². The molecule has 0 atom stereocenters. The van der Waals surface area contributed by atoms with Crippen LogP contribution in [-0.2, 0) is 0 Å². The number of halogens is 4. The predicted molar refractivity (Wildman–Crippen MR) is 69.2 cm³/mol. The van der Waals surface area contributed by atoms with Gasteiger partial charge in [0, 0.05) is 16.5 Å². The largest absolute Gasteiger partial charge is 0.333 e. The molecule has 6 heteroatoms. The maximum absolute atomic E-state index is 13.5. The minimum Gasteiger partial charge on any atom is -0.333 e. The van der Waals surface area contributed by atoms with E-state index in [1.807, 2.05) is 22.6 Å². The topological polar surface area (TPSA) is 20.3 Å². The quantitative estimate of drug-likeness (QED) is 0.696. The number of nitrogens with zero attached hydrogens (tertiary/aromatic N) is 1. The first-order valence-corrected chi connectivity index (χ1v) is 6.59. The lowest BCUT2D eigenvalue weighted by Crippen LogP contribution is -2.45. The van der Waals surface area contributed by atoms with Gasteiger partial charge in [-0.05, 0) is 47.2 Å². The summed E-state index contributed by atoms with van der Waals surface area (Å²) in [6.45, 7) is -0.379. The summed E-state index contributed by atoms with van der Waals surface area (Å²) in [5.41, 5.74) is -0.139. The van der Waals surface area contributed by atoms with Crippen molar-refractivity contribution < 1.29 is 18.0 Å². The van der Waals surface area contributed by atoms with Gasteiger partial charge in [-0.3, -0.25) is 4.79 Å². The van der Waals surface area contributed by atoms with Crippen molar-refractivity contribution in [2.75, 3.05) is 13.1 Å². The predicted octanol–water partition coefficient (Wildman–Crippen LogP) is 3.30. The van der Waals surface area contributed by atoms with E-state index in [-0.39, 0.29) is 24.9 Å². The van der Waals surface area contributed by atoms with E-state index in [4.69, 9.17) is 0 Å². The van der Waals surface area contributed by atoms with E-state index in [1.54, 1.807) is 0 Å². The maximum Gasteiger partial charge on any atom is 0.265 e. The number of carbonyl (C=O) groups is 1. The van der Waals surface area contributed by atoms with Crippen LogP contribution >= 0.6 is 22.6 Å². The molecule has 2 rings (SSSR count). The number of hydrogen-bond donors (Lipinski definition) is 0. The Morgan fingerprint density at radius 3 is 2.78 bits per heavy atom. The summed E-state index contributed by atoms with van der Waals surface area (Å²) in [6.07, 6.45) is 0.0237. The number of likely N-dealkylation sites (tertiary alicyclic amines) is 1. The summed E-state index contributed by atoms with van der Waals surface area (Å²) in [4.78, 5) is 13.0. The molecule has 1 aliphatic rings. The van der Waals surface area contributed by atoms with Crippen LogP contribution in [0.15, 0.2) is 18.2 Å². The summed E-state index contributed by atoms with van der Waals surface area (Å²) in [6, 6.07) is 4.08. The number of benzene rings is 1. The molecule has 1 heterocycles. The van der Waals surface area contributed by atoms with Gasteiger partial charge in [0.05, 0.1) is 12.1 Å². The first kappa shape index (κ1) is 13.6. The van der Waals surface area contributed by atoms with Crippen LogP contribution in [0.1, 0.15) is 23.2 Å². The molecule has 0 bridgehead atoms. The van der Waals surface area contributed by atoms with Crippen LogP contribution in [0, 0.1) is 9.39 Å². The molecule has 1 aliphatic heterocycles. The van der Waals surface area contributed by atoms with Crippen molar-refractivity contribution >= 4 is 28.5 Å². The highest BCUT2D eigenvalue weighted by Crippen LogP contribution is 2.28. The van der Waals surface area contributed by atoms with Crippen LogP contribution < -0.4 is 0 Å². The average Bonchev–Trinajstić information content (AvgIpc) is 2.30. The minimum absolute atomic E-state index is 0.139. The number of carbonyl (C=O) groups excluding carboxylic acids is 1. The van der Waals surface area contributed by atoms with Gasteiger partial charge in [-0.2, -0.15) is 0 Å². The van der Waals surface area contributed by atoms with Crippen LogP contribution in [0.25, 0.3) is 0 Å². The molecule has 18 heavy (non-hydrogen) atoms. The average molecular weight is 369 g/mol. The summed E-state index contributed by atoms with van der Waals surface area (Å²) < 4.78 is 40.7. The van der Waals surface area contributed by atoms with Crippen molar-refractivity contribution in [2.45, 2.75) is 18.8 Å². The molecule has 0 unspecified atom stereocenters. The van der Waals surface area contributed by atoms with Gasteiger partial charge in [0.2, 0.25) is 0 Å². The molecule has 0 radical (unpaired) electrons. The number of rotatable bonds is 1. The zero-order chi connectivity index (χ0) is 13.3. The van der Waals surface area contributed by atoms with Crippen molar-refractivity contribution in [1.82, 2.24) is 4.90 Å². The molecule has 0 aromatic heterocycles. The Labute approximate surface area is 116 Å². The zero-order valence-corrected chi connectivity index (χ0v) is 11.6. The molecule has 1 amide bonds. The number of hydrogen-bond acceptors (Lipinski definition) is 1. The zero-order valence-electron chi connectivity index (χ0n) is 9.43. The van der Waals surface area contributed by atoms with E-state index in [0.29, 0.717) is 3.57 Å². The highest BCUT2D eigenvalue weighted by atomic mass is 127. The molecule has 1 aromatic rings. The molecular formula is C12H11F3INO. The van der Waals surface area contributed by atoms with Gasteiger partial charge in [-0.1, -0.05) is 0 Å². The molecule has 98 valence electrons. The Hall–Kier alpha value is -0.790. The van der Waals surface area contributed by atoms with Crippen LogP contribution in [0.5, 0.6) is 0 Å². The number of alkyl halides is 2. The molecule has 1 fully saturated rings. The standard InChI is InChI=1S/C12H11F3INO/c13-10-3-2-8(16)6-9(10)11(18)17-5-1-4-12(14,15)7-17/h2-3,6H,1,4-5,7H2. The van der Waals surface area contributed by atoms with E-state index in [1.165, 1.54) is 18.2 Å². The molecule has 0 saturated carbocycles. The number of piperidine rings is 1. The van der Waals surface area contributed by atoms with Gasteiger partial charge >= 0.3 is 0 Å². The molecule has 2 nitrogen and oxygen atoms in total. The fourth-order valence-corrected chi connectivity index (χ4v) is 2.46. The molecular weight excluding hydrogens is 358 g/mol. The van der Waals surface area contributed by atoms with E-state index >= 15 is 0 Å². The maximum atomic E-state index is 13.5. The Bertz CT molecular complexity index is 478. The fraction of sp³-hybridized carbons (Fsp3) is 0.417. The summed E-state index contributed by atoms with van der Waals surface area (Å²) >= 11 is 1.95. The monoisotopic (exact) mass is 369 g/mol. The second-order valence-corrected chi connectivity index (χ2v) is 5.56. The third-order valence-electron chi connectivity index (χ3n) is 2.84. The third kappa shape index (κ3) is 2.96. The Balaban J connectivity index is 2.23. The minimum atomic E-state index is -2.87. The molecule has 1 saturated heterocycles. The van der Waals surface area contributed by atoms with Crippen LogP contribution in [0.3, 0.4) is 0 Å². The van der Waals surface area contributed by atoms with Crippen molar-refractivity contribution in [3.05, 3.63) is 33.1 Å². The lowest BCUT2D eigenvalue weighted by molar-refractivity contribution is -0.0561. The highest BCUT2D eigenvalue weighted by Gasteiger charge is 2.37. The Morgan fingerprint density at radius 2 is 2.11 bits per heavy atom. The molecule has 0 N–H and O–H groups in total. The first-order valence-electron chi connectivity index (χ1n) is 5.51. The van der Waals surface area contributed by atoms with E-state index in [0.717, 1.165) is 4.90 Å². The Kier molecular flexibility index (Phi) is 3.84. The van der Waals surface area contributed by atoms with E-state index < -0.39 is 24.2 Å².